The zero-order valence-electron chi connectivity index (χ0n) is 31.7. The van der Waals surface area contributed by atoms with E-state index in [0.717, 1.165) is 24.2 Å². The molecule has 0 saturated heterocycles. The number of fused-ring (bicyclic) bond motifs is 7. The van der Waals surface area contributed by atoms with Crippen molar-refractivity contribution < 1.29 is 0 Å². The Morgan fingerprint density at radius 2 is 1.29 bits per heavy atom. The number of hydrogen-bond donors (Lipinski definition) is 0. The fraction of sp³-hybridized carbons (Fsp3) is 0.113. The molecule has 0 aliphatic heterocycles. The predicted octanol–water partition coefficient (Wildman–Crippen LogP) is 13.3. The summed E-state index contributed by atoms with van der Waals surface area (Å²) in [5.41, 5.74) is 14.7. The second-order valence-electron chi connectivity index (χ2n) is 15.9. The smallest absolute Gasteiger partial charge is 0.138 e. The molecule has 11 rings (SSSR count). The standard InChI is InChI=1S/C53H41N3/c1-35-25-26-37(36-15-5-3-6-16-36)31-43(35)44-33-52(54-47-22-12-9-19-40(44)47)56-49-24-14-11-21-42(49)46-34-53(2,30-29-51(46)56)38-27-28-50-45(32-38)41-20-10-13-23-48(41)55(50)39-17-7-4-8-18-39/h3-24,26-33,35H,25,34H2,1-2H3. The van der Waals surface area contributed by atoms with Crippen LogP contribution in [0.3, 0.4) is 0 Å². The zero-order valence-corrected chi connectivity index (χ0v) is 31.7. The molecule has 6 aromatic carbocycles. The predicted molar refractivity (Wildman–Crippen MR) is 236 cm³/mol. The number of benzene rings is 6. The van der Waals surface area contributed by atoms with Gasteiger partial charge in [0.15, 0.2) is 0 Å². The van der Waals surface area contributed by atoms with Gasteiger partial charge in [-0.15, -0.1) is 0 Å². The summed E-state index contributed by atoms with van der Waals surface area (Å²) in [6, 6.07) is 57.3. The van der Waals surface area contributed by atoms with Gasteiger partial charge in [-0.25, -0.2) is 4.98 Å². The van der Waals surface area contributed by atoms with Crippen LogP contribution < -0.4 is 0 Å². The molecular formula is C53H41N3. The van der Waals surface area contributed by atoms with Crippen LogP contribution in [0, 0.1) is 5.92 Å². The molecule has 0 radical (unpaired) electrons. The van der Waals surface area contributed by atoms with Crippen LogP contribution in [0.25, 0.3) is 72.3 Å². The van der Waals surface area contributed by atoms with Gasteiger partial charge in [0.1, 0.15) is 5.82 Å². The highest BCUT2D eigenvalue weighted by atomic mass is 15.1. The van der Waals surface area contributed by atoms with Crippen LogP contribution in [0.2, 0.25) is 0 Å². The minimum absolute atomic E-state index is 0.198. The lowest BCUT2D eigenvalue weighted by Crippen LogP contribution is -2.25. The van der Waals surface area contributed by atoms with Gasteiger partial charge in [0, 0.05) is 32.6 Å². The fourth-order valence-electron chi connectivity index (χ4n) is 9.49. The maximum absolute atomic E-state index is 5.40. The van der Waals surface area contributed by atoms with Crippen LogP contribution in [0.5, 0.6) is 0 Å². The van der Waals surface area contributed by atoms with Crippen molar-refractivity contribution in [2.24, 2.45) is 5.92 Å². The molecule has 2 atom stereocenters. The van der Waals surface area contributed by atoms with Crippen molar-refractivity contribution in [2.45, 2.75) is 32.1 Å². The summed E-state index contributed by atoms with van der Waals surface area (Å²) in [5, 5.41) is 5.05. The van der Waals surface area contributed by atoms with Crippen molar-refractivity contribution >= 4 is 60.8 Å². The van der Waals surface area contributed by atoms with Gasteiger partial charge in [-0.2, -0.15) is 0 Å². The minimum atomic E-state index is -0.198. The van der Waals surface area contributed by atoms with Crippen molar-refractivity contribution in [3.63, 3.8) is 0 Å². The normalized spacial score (nSPS) is 18.1. The lowest BCUT2D eigenvalue weighted by atomic mass is 9.73. The summed E-state index contributed by atoms with van der Waals surface area (Å²) in [5.74, 6) is 1.35. The Morgan fingerprint density at radius 3 is 2.09 bits per heavy atom. The summed E-state index contributed by atoms with van der Waals surface area (Å²) >= 11 is 0. The second kappa shape index (κ2) is 12.7. The molecule has 0 spiro atoms. The first-order valence-electron chi connectivity index (χ1n) is 19.8. The first-order valence-corrected chi connectivity index (χ1v) is 19.8. The molecule has 0 amide bonds. The third-order valence-electron chi connectivity index (χ3n) is 12.4. The summed E-state index contributed by atoms with van der Waals surface area (Å²) in [4.78, 5) is 5.40. The highest BCUT2D eigenvalue weighted by molar-refractivity contribution is 6.09. The molecule has 0 bridgehead atoms. The molecule has 56 heavy (non-hydrogen) atoms. The lowest BCUT2D eigenvalue weighted by Gasteiger charge is -2.30. The molecule has 2 aliphatic rings. The molecule has 0 saturated carbocycles. The van der Waals surface area contributed by atoms with E-state index in [0.29, 0.717) is 5.92 Å². The Bertz CT molecular complexity index is 3100. The molecule has 3 nitrogen and oxygen atoms in total. The van der Waals surface area contributed by atoms with Gasteiger partial charge in [0.2, 0.25) is 0 Å². The largest absolute Gasteiger partial charge is 0.309 e. The third kappa shape index (κ3) is 5.08. The zero-order chi connectivity index (χ0) is 37.4. The quantitative estimate of drug-likeness (QED) is 0.174. The maximum Gasteiger partial charge on any atom is 0.138 e. The number of nitrogens with zero attached hydrogens (tertiary/aromatic N) is 3. The van der Waals surface area contributed by atoms with Crippen LogP contribution in [0.15, 0.2) is 176 Å². The Hall–Kier alpha value is -6.71. The van der Waals surface area contributed by atoms with E-state index in [1.807, 2.05) is 0 Å². The average Bonchev–Trinajstić information content (AvgIpc) is 3.76. The average molecular weight is 720 g/mol. The SMILES string of the molecule is CC1CC=C(c2ccccc2)C=C1c1cc(-n2c3c(c4ccccc42)CC(C)(c2ccc4c(c2)c2ccccc2n4-c2ccccc2)C=C3)nc2ccccc12. The van der Waals surface area contributed by atoms with Crippen molar-refractivity contribution in [1.82, 2.24) is 14.1 Å². The number of para-hydroxylation sites is 4. The number of aromatic nitrogens is 3. The third-order valence-corrected chi connectivity index (χ3v) is 12.4. The van der Waals surface area contributed by atoms with E-state index in [9.17, 15) is 0 Å². The molecule has 0 fully saturated rings. The van der Waals surface area contributed by atoms with Gasteiger partial charge in [-0.1, -0.05) is 141 Å². The Labute approximate surface area is 327 Å². The van der Waals surface area contributed by atoms with E-state index in [2.05, 4.69) is 205 Å². The maximum atomic E-state index is 5.40. The number of hydrogen-bond acceptors (Lipinski definition) is 1. The van der Waals surface area contributed by atoms with Crippen molar-refractivity contribution in [1.29, 1.82) is 0 Å². The topological polar surface area (TPSA) is 22.8 Å². The molecule has 3 heteroatoms. The molecule has 268 valence electrons. The van der Waals surface area contributed by atoms with Crippen LogP contribution in [0.1, 0.15) is 48.2 Å². The minimum Gasteiger partial charge on any atom is -0.309 e. The van der Waals surface area contributed by atoms with Gasteiger partial charge in [-0.05, 0) is 107 Å². The van der Waals surface area contributed by atoms with E-state index in [1.165, 1.54) is 82.9 Å². The Balaban J connectivity index is 1.06. The van der Waals surface area contributed by atoms with Crippen LogP contribution in [-0.4, -0.2) is 14.1 Å². The molecule has 2 unspecified atom stereocenters. The first kappa shape index (κ1) is 32.7. The van der Waals surface area contributed by atoms with Crippen LogP contribution in [-0.2, 0) is 11.8 Å². The van der Waals surface area contributed by atoms with E-state index < -0.39 is 0 Å². The molecule has 9 aromatic rings. The van der Waals surface area contributed by atoms with Crippen LogP contribution >= 0.6 is 0 Å². The van der Waals surface area contributed by atoms with Gasteiger partial charge >= 0.3 is 0 Å². The number of pyridine rings is 1. The summed E-state index contributed by atoms with van der Waals surface area (Å²) in [6.45, 7) is 4.75. The number of allylic oxidation sites excluding steroid dienone is 5. The monoisotopic (exact) mass is 719 g/mol. The Kier molecular flexibility index (Phi) is 7.40. The van der Waals surface area contributed by atoms with E-state index >= 15 is 0 Å². The van der Waals surface area contributed by atoms with Crippen molar-refractivity contribution in [3.05, 3.63) is 204 Å². The fourth-order valence-corrected chi connectivity index (χ4v) is 9.49. The molecule has 3 aromatic heterocycles. The second-order valence-corrected chi connectivity index (χ2v) is 15.9. The van der Waals surface area contributed by atoms with Gasteiger partial charge in [0.05, 0.1) is 27.8 Å². The highest BCUT2D eigenvalue weighted by Crippen LogP contribution is 2.44. The summed E-state index contributed by atoms with van der Waals surface area (Å²) in [6.07, 6.45) is 11.5. The number of rotatable bonds is 5. The molecule has 2 aliphatic carbocycles. The van der Waals surface area contributed by atoms with Crippen LogP contribution in [0.4, 0.5) is 0 Å². The molecule has 3 heterocycles. The summed E-state index contributed by atoms with van der Waals surface area (Å²) in [7, 11) is 0. The molecular weight excluding hydrogens is 679 g/mol. The van der Waals surface area contributed by atoms with Gasteiger partial charge in [0.25, 0.3) is 0 Å². The van der Waals surface area contributed by atoms with Gasteiger partial charge in [-0.3, -0.25) is 4.57 Å². The van der Waals surface area contributed by atoms with E-state index in [-0.39, 0.29) is 5.41 Å². The van der Waals surface area contributed by atoms with E-state index in [1.54, 1.807) is 0 Å². The van der Waals surface area contributed by atoms with Crippen molar-refractivity contribution in [3.8, 4) is 11.5 Å². The van der Waals surface area contributed by atoms with E-state index in [4.69, 9.17) is 4.98 Å². The first-order chi connectivity index (χ1) is 27.5. The highest BCUT2D eigenvalue weighted by Gasteiger charge is 2.33. The van der Waals surface area contributed by atoms with Gasteiger partial charge < -0.3 is 4.57 Å². The summed E-state index contributed by atoms with van der Waals surface area (Å²) < 4.78 is 4.81. The lowest BCUT2D eigenvalue weighted by molar-refractivity contribution is 0.589. The Morgan fingerprint density at radius 1 is 0.625 bits per heavy atom. The van der Waals surface area contributed by atoms with Crippen molar-refractivity contribution in [2.75, 3.05) is 0 Å². The molecule has 0 N–H and O–H groups in total.